The molecule has 2 atom stereocenters. The maximum absolute atomic E-state index is 12.3. The van der Waals surface area contributed by atoms with Gasteiger partial charge in [0.1, 0.15) is 0 Å². The van der Waals surface area contributed by atoms with Gasteiger partial charge in [0.05, 0.1) is 12.1 Å². The van der Waals surface area contributed by atoms with Gasteiger partial charge in [0.25, 0.3) is 0 Å². The van der Waals surface area contributed by atoms with E-state index in [1.54, 1.807) is 0 Å². The van der Waals surface area contributed by atoms with E-state index in [0.29, 0.717) is 24.9 Å². The molecule has 3 rings (SSSR count). The number of carbonyl (C=O) groups is 2. The molecule has 4 nitrogen and oxygen atoms in total. The summed E-state index contributed by atoms with van der Waals surface area (Å²) >= 11 is 0. The van der Waals surface area contributed by atoms with Crippen molar-refractivity contribution in [3.63, 3.8) is 0 Å². The molecule has 0 aromatic heterocycles. The Kier molecular flexibility index (Phi) is 8.49. The van der Waals surface area contributed by atoms with Crippen LogP contribution in [0.5, 0.6) is 0 Å². The van der Waals surface area contributed by atoms with Crippen molar-refractivity contribution < 1.29 is 9.59 Å². The van der Waals surface area contributed by atoms with Crippen molar-refractivity contribution in [2.45, 2.75) is 90.4 Å². The average molecular weight is 435 g/mol. The van der Waals surface area contributed by atoms with Gasteiger partial charge in [-0.2, -0.15) is 0 Å². The Hall–Kier alpha value is -2.62. The summed E-state index contributed by atoms with van der Waals surface area (Å²) in [5.74, 6) is 0.807. The molecule has 0 saturated heterocycles. The van der Waals surface area contributed by atoms with E-state index in [2.05, 4.69) is 64.1 Å². The van der Waals surface area contributed by atoms with Crippen molar-refractivity contribution >= 4 is 12.8 Å². The van der Waals surface area contributed by atoms with Crippen molar-refractivity contribution in [1.82, 2.24) is 9.80 Å². The van der Waals surface area contributed by atoms with E-state index in [-0.39, 0.29) is 12.1 Å². The van der Waals surface area contributed by atoms with Crippen LogP contribution in [-0.4, -0.2) is 34.7 Å². The van der Waals surface area contributed by atoms with Crippen LogP contribution in [0.1, 0.15) is 87.5 Å². The van der Waals surface area contributed by atoms with Gasteiger partial charge in [0.15, 0.2) is 0 Å². The van der Waals surface area contributed by atoms with Crippen LogP contribution < -0.4 is 0 Å². The van der Waals surface area contributed by atoms with Crippen molar-refractivity contribution in [2.24, 2.45) is 0 Å². The number of rotatable bonds is 10. The lowest BCUT2D eigenvalue weighted by molar-refractivity contribution is -0.129. The number of nitrogens with zero attached hydrogens (tertiary/aromatic N) is 2. The topological polar surface area (TPSA) is 40.6 Å². The first-order valence-corrected chi connectivity index (χ1v) is 12.0. The SMILES string of the molecule is CC(C)c1ccccc1CN(C=O)[C@@H]1CCCC[C@H]1N(C=O)Cc1ccccc1C(C)C. The van der Waals surface area contributed by atoms with E-state index in [4.69, 9.17) is 0 Å². The first kappa shape index (κ1) is 24.0. The zero-order chi connectivity index (χ0) is 23.1. The number of amides is 2. The van der Waals surface area contributed by atoms with Gasteiger partial charge in [-0.05, 0) is 46.9 Å². The van der Waals surface area contributed by atoms with E-state index in [1.165, 1.54) is 22.3 Å². The Morgan fingerprint density at radius 1 is 0.719 bits per heavy atom. The minimum atomic E-state index is 0.0397. The quantitative estimate of drug-likeness (QED) is 0.439. The normalized spacial score (nSPS) is 18.6. The second-order valence-corrected chi connectivity index (χ2v) is 9.68. The highest BCUT2D eigenvalue weighted by Gasteiger charge is 2.34. The molecule has 0 radical (unpaired) electrons. The molecule has 32 heavy (non-hydrogen) atoms. The van der Waals surface area contributed by atoms with Gasteiger partial charge in [-0.3, -0.25) is 9.59 Å². The molecular weight excluding hydrogens is 396 g/mol. The Morgan fingerprint density at radius 2 is 1.09 bits per heavy atom. The highest BCUT2D eigenvalue weighted by atomic mass is 16.1. The number of benzene rings is 2. The molecule has 0 heterocycles. The molecular formula is C28H38N2O2. The molecule has 1 aliphatic carbocycles. The standard InChI is InChI=1S/C28H38N2O2/c1-21(2)25-13-7-5-11-23(25)17-29(19-31)27-15-9-10-16-28(27)30(20-32)18-24-12-6-8-14-26(24)22(3)4/h5-8,11-14,19-22,27-28H,9-10,15-18H2,1-4H3/t27-,28-/m1/s1. The van der Waals surface area contributed by atoms with Crippen molar-refractivity contribution in [1.29, 1.82) is 0 Å². The lowest BCUT2D eigenvalue weighted by Crippen LogP contribution is -2.52. The van der Waals surface area contributed by atoms with Crippen LogP contribution in [-0.2, 0) is 22.7 Å². The molecule has 172 valence electrons. The zero-order valence-electron chi connectivity index (χ0n) is 20.0. The van der Waals surface area contributed by atoms with Gasteiger partial charge < -0.3 is 9.80 Å². The second kappa shape index (κ2) is 11.3. The molecule has 4 heteroatoms. The third-order valence-electron chi connectivity index (χ3n) is 6.88. The lowest BCUT2D eigenvalue weighted by Gasteiger charge is -2.43. The Bertz CT molecular complexity index is 819. The molecule has 2 aromatic carbocycles. The van der Waals surface area contributed by atoms with Crippen LogP contribution in [0.25, 0.3) is 0 Å². The summed E-state index contributed by atoms with van der Waals surface area (Å²) in [5, 5.41) is 0. The maximum atomic E-state index is 12.3. The van der Waals surface area contributed by atoms with Crippen molar-refractivity contribution in [2.75, 3.05) is 0 Å². The van der Waals surface area contributed by atoms with E-state index in [0.717, 1.165) is 38.5 Å². The molecule has 0 unspecified atom stereocenters. The molecule has 1 fully saturated rings. The van der Waals surface area contributed by atoms with Crippen molar-refractivity contribution in [3.8, 4) is 0 Å². The van der Waals surface area contributed by atoms with Crippen LogP contribution >= 0.6 is 0 Å². The van der Waals surface area contributed by atoms with Crippen LogP contribution in [0, 0.1) is 0 Å². The number of hydrogen-bond acceptors (Lipinski definition) is 2. The summed E-state index contributed by atoms with van der Waals surface area (Å²) in [4.78, 5) is 28.4. The van der Waals surface area contributed by atoms with Crippen molar-refractivity contribution in [3.05, 3.63) is 70.8 Å². The molecule has 2 amide bonds. The van der Waals surface area contributed by atoms with Crippen LogP contribution in [0.4, 0.5) is 0 Å². The molecule has 1 aliphatic rings. The fourth-order valence-corrected chi connectivity index (χ4v) is 5.21. The van der Waals surface area contributed by atoms with Crippen LogP contribution in [0.3, 0.4) is 0 Å². The molecule has 0 bridgehead atoms. The van der Waals surface area contributed by atoms with Gasteiger partial charge >= 0.3 is 0 Å². The van der Waals surface area contributed by atoms with Gasteiger partial charge in [-0.1, -0.05) is 89.1 Å². The van der Waals surface area contributed by atoms with Crippen LogP contribution in [0.2, 0.25) is 0 Å². The Morgan fingerprint density at radius 3 is 1.44 bits per heavy atom. The fourth-order valence-electron chi connectivity index (χ4n) is 5.21. The molecule has 0 aliphatic heterocycles. The van der Waals surface area contributed by atoms with E-state index >= 15 is 0 Å². The zero-order valence-corrected chi connectivity index (χ0v) is 20.0. The minimum Gasteiger partial charge on any atom is -0.336 e. The highest BCUT2D eigenvalue weighted by molar-refractivity contribution is 5.52. The molecule has 2 aromatic rings. The highest BCUT2D eigenvalue weighted by Crippen LogP contribution is 2.30. The lowest BCUT2D eigenvalue weighted by atomic mass is 9.87. The fraction of sp³-hybridized carbons (Fsp3) is 0.500. The van der Waals surface area contributed by atoms with Gasteiger partial charge in [0.2, 0.25) is 12.8 Å². The van der Waals surface area contributed by atoms with Gasteiger partial charge in [-0.15, -0.1) is 0 Å². The molecule has 0 spiro atoms. The van der Waals surface area contributed by atoms with Gasteiger partial charge in [0, 0.05) is 13.1 Å². The summed E-state index contributed by atoms with van der Waals surface area (Å²) in [6.45, 7) is 9.94. The number of carbonyl (C=O) groups excluding carboxylic acids is 2. The monoisotopic (exact) mass is 434 g/mol. The average Bonchev–Trinajstić information content (AvgIpc) is 2.81. The summed E-state index contributed by atoms with van der Waals surface area (Å²) in [7, 11) is 0. The summed E-state index contributed by atoms with van der Waals surface area (Å²) < 4.78 is 0. The second-order valence-electron chi connectivity index (χ2n) is 9.68. The van der Waals surface area contributed by atoms with Gasteiger partial charge in [-0.25, -0.2) is 0 Å². The summed E-state index contributed by atoms with van der Waals surface area (Å²) in [5.41, 5.74) is 4.96. The van der Waals surface area contributed by atoms with Crippen LogP contribution in [0.15, 0.2) is 48.5 Å². The molecule has 0 N–H and O–H groups in total. The Labute approximate surface area is 193 Å². The maximum Gasteiger partial charge on any atom is 0.210 e. The molecule has 1 saturated carbocycles. The third-order valence-corrected chi connectivity index (χ3v) is 6.88. The first-order chi connectivity index (χ1) is 15.5. The number of hydrogen-bond donors (Lipinski definition) is 0. The minimum absolute atomic E-state index is 0.0397. The third kappa shape index (κ3) is 5.59. The predicted octanol–water partition coefficient (Wildman–Crippen LogP) is 5.86. The van der Waals surface area contributed by atoms with E-state index in [9.17, 15) is 9.59 Å². The summed E-state index contributed by atoms with van der Waals surface area (Å²) in [6, 6.07) is 16.9. The predicted molar refractivity (Wildman–Crippen MR) is 130 cm³/mol. The summed E-state index contributed by atoms with van der Waals surface area (Å²) in [6.07, 6.45) is 6.03. The largest absolute Gasteiger partial charge is 0.336 e. The smallest absolute Gasteiger partial charge is 0.210 e. The Balaban J connectivity index is 1.85. The first-order valence-electron chi connectivity index (χ1n) is 12.0. The van der Waals surface area contributed by atoms with E-state index < -0.39 is 0 Å². The van der Waals surface area contributed by atoms with E-state index in [1.807, 2.05) is 21.9 Å².